The first-order valence-corrected chi connectivity index (χ1v) is 9.92. The number of rotatable bonds is 4. The fraction of sp³-hybridized carbons (Fsp3) is 0.167. The largest absolute Gasteiger partial charge is 0.484 e. The highest BCUT2D eigenvalue weighted by Gasteiger charge is 2.15. The minimum Gasteiger partial charge on any atom is -0.484 e. The van der Waals surface area contributed by atoms with Crippen molar-refractivity contribution in [1.82, 2.24) is 10.1 Å². The molecular formula is C18H15N3O2S2. The van der Waals surface area contributed by atoms with Gasteiger partial charge in [-0.2, -0.15) is 4.98 Å². The average molecular weight is 369 g/mol. The molecule has 3 aromatic rings. The molecule has 1 aliphatic heterocycles. The van der Waals surface area contributed by atoms with E-state index >= 15 is 0 Å². The van der Waals surface area contributed by atoms with Gasteiger partial charge in [0.2, 0.25) is 11.7 Å². The van der Waals surface area contributed by atoms with E-state index in [1.54, 1.807) is 23.5 Å². The maximum Gasteiger partial charge on any atom is 0.237 e. The Morgan fingerprint density at radius 2 is 1.92 bits per heavy atom. The van der Waals surface area contributed by atoms with Gasteiger partial charge in [0, 0.05) is 10.5 Å². The van der Waals surface area contributed by atoms with E-state index in [0.29, 0.717) is 24.1 Å². The molecule has 0 radical (unpaired) electrons. The highest BCUT2D eigenvalue weighted by molar-refractivity contribution is 8.13. The molecule has 0 spiro atoms. The normalized spacial score (nSPS) is 13.1. The zero-order valence-corrected chi connectivity index (χ0v) is 15.1. The second-order valence-corrected chi connectivity index (χ2v) is 7.22. The number of ether oxygens (including phenoxy) is 1. The number of thioether (sulfide) groups is 2. The van der Waals surface area contributed by atoms with Crippen molar-refractivity contribution in [3.05, 3.63) is 54.4 Å². The standard InChI is InChI=1S/C18H15N3O2S2/c1-24-13-8-6-12(7-9-13)18-20-16(23-21-18)11-25-17-10-22-15-5-3-2-4-14(15)19-17/h2-9H,10-11H2,1H3. The molecule has 2 aromatic carbocycles. The molecule has 0 amide bonds. The van der Waals surface area contributed by atoms with Crippen molar-refractivity contribution in [1.29, 1.82) is 0 Å². The lowest BCUT2D eigenvalue weighted by Crippen LogP contribution is -2.12. The molecule has 5 nitrogen and oxygen atoms in total. The maximum absolute atomic E-state index is 5.70. The third-order valence-corrected chi connectivity index (χ3v) is 5.32. The highest BCUT2D eigenvalue weighted by Crippen LogP contribution is 2.32. The Labute approximate surface area is 153 Å². The van der Waals surface area contributed by atoms with Gasteiger partial charge in [-0.1, -0.05) is 29.1 Å². The first-order valence-electron chi connectivity index (χ1n) is 7.71. The van der Waals surface area contributed by atoms with Crippen molar-refractivity contribution in [2.24, 2.45) is 4.99 Å². The van der Waals surface area contributed by atoms with Gasteiger partial charge in [-0.05, 0) is 42.7 Å². The number of benzene rings is 2. The van der Waals surface area contributed by atoms with E-state index in [0.717, 1.165) is 22.0 Å². The summed E-state index contributed by atoms with van der Waals surface area (Å²) in [5.41, 5.74) is 1.81. The number of hydrogen-bond donors (Lipinski definition) is 0. The second kappa shape index (κ2) is 7.33. The van der Waals surface area contributed by atoms with Crippen molar-refractivity contribution in [3.8, 4) is 17.1 Å². The Hall–Kier alpha value is -2.25. The fourth-order valence-corrected chi connectivity index (χ4v) is 3.49. The highest BCUT2D eigenvalue weighted by atomic mass is 32.2. The molecule has 1 aromatic heterocycles. The molecule has 0 N–H and O–H groups in total. The van der Waals surface area contributed by atoms with E-state index in [1.807, 2.05) is 36.4 Å². The summed E-state index contributed by atoms with van der Waals surface area (Å²) in [5.74, 6) is 2.58. The molecule has 7 heteroatoms. The third kappa shape index (κ3) is 3.72. The van der Waals surface area contributed by atoms with Crippen LogP contribution < -0.4 is 4.74 Å². The fourth-order valence-electron chi connectivity index (χ4n) is 2.37. The number of hydrogen-bond acceptors (Lipinski definition) is 7. The molecular weight excluding hydrogens is 354 g/mol. The predicted octanol–water partition coefficient (Wildman–Crippen LogP) is 4.81. The van der Waals surface area contributed by atoms with Crippen LogP contribution in [-0.2, 0) is 5.75 Å². The molecule has 4 rings (SSSR count). The SMILES string of the molecule is CSc1ccc(-c2noc(CSC3=Nc4ccccc4OC3)n2)cc1. The van der Waals surface area contributed by atoms with Crippen LogP contribution in [0.3, 0.4) is 0 Å². The Bertz CT molecular complexity index is 907. The van der Waals surface area contributed by atoms with Crippen LogP contribution in [0.25, 0.3) is 11.4 Å². The molecule has 0 fully saturated rings. The quantitative estimate of drug-likeness (QED) is 0.615. The molecule has 0 unspecified atom stereocenters. The van der Waals surface area contributed by atoms with E-state index in [-0.39, 0.29) is 0 Å². The summed E-state index contributed by atoms with van der Waals surface area (Å²) in [5, 5.41) is 4.97. The van der Waals surface area contributed by atoms with Gasteiger partial charge in [0.05, 0.1) is 5.75 Å². The van der Waals surface area contributed by atoms with Gasteiger partial charge >= 0.3 is 0 Å². The molecule has 0 aliphatic carbocycles. The van der Waals surface area contributed by atoms with Gasteiger partial charge in [-0.25, -0.2) is 4.99 Å². The zero-order chi connectivity index (χ0) is 17.1. The zero-order valence-electron chi connectivity index (χ0n) is 13.5. The Morgan fingerprint density at radius 1 is 1.08 bits per heavy atom. The van der Waals surface area contributed by atoms with Crippen molar-refractivity contribution in [2.75, 3.05) is 12.9 Å². The van der Waals surface area contributed by atoms with Crippen LogP contribution in [0.15, 0.2) is 62.9 Å². The van der Waals surface area contributed by atoms with Gasteiger partial charge < -0.3 is 9.26 Å². The van der Waals surface area contributed by atoms with E-state index in [1.165, 1.54) is 4.90 Å². The lowest BCUT2D eigenvalue weighted by Gasteiger charge is -2.15. The van der Waals surface area contributed by atoms with Crippen LogP contribution in [0.1, 0.15) is 5.89 Å². The van der Waals surface area contributed by atoms with Crippen LogP contribution in [0, 0.1) is 0 Å². The molecule has 0 saturated carbocycles. The minimum atomic E-state index is 0.471. The predicted molar refractivity (Wildman–Crippen MR) is 102 cm³/mol. The summed E-state index contributed by atoms with van der Waals surface area (Å²) in [4.78, 5) is 10.3. The average Bonchev–Trinajstić information content (AvgIpc) is 3.15. The number of aromatic nitrogens is 2. The Balaban J connectivity index is 1.42. The third-order valence-electron chi connectivity index (χ3n) is 3.64. The van der Waals surface area contributed by atoms with Crippen LogP contribution in [-0.4, -0.2) is 28.0 Å². The molecule has 1 aliphatic rings. The van der Waals surface area contributed by atoms with Crippen molar-refractivity contribution >= 4 is 34.3 Å². The second-order valence-electron chi connectivity index (χ2n) is 5.29. The maximum atomic E-state index is 5.70. The van der Waals surface area contributed by atoms with Gasteiger partial charge in [0.15, 0.2) is 0 Å². The Morgan fingerprint density at radius 3 is 2.76 bits per heavy atom. The summed E-state index contributed by atoms with van der Waals surface area (Å²) in [7, 11) is 0. The smallest absolute Gasteiger partial charge is 0.237 e. The summed E-state index contributed by atoms with van der Waals surface area (Å²) >= 11 is 3.26. The minimum absolute atomic E-state index is 0.471. The van der Waals surface area contributed by atoms with Crippen molar-refractivity contribution in [3.63, 3.8) is 0 Å². The van der Waals surface area contributed by atoms with Crippen LogP contribution in [0.4, 0.5) is 5.69 Å². The molecule has 126 valence electrons. The van der Waals surface area contributed by atoms with E-state index in [9.17, 15) is 0 Å². The molecule has 0 saturated heterocycles. The van der Waals surface area contributed by atoms with E-state index < -0.39 is 0 Å². The van der Waals surface area contributed by atoms with Crippen LogP contribution in [0.5, 0.6) is 5.75 Å². The van der Waals surface area contributed by atoms with Gasteiger partial charge in [0.1, 0.15) is 23.1 Å². The number of aliphatic imine (C=N–C) groups is 1. The monoisotopic (exact) mass is 369 g/mol. The summed E-state index contributed by atoms with van der Waals surface area (Å²) in [6, 6.07) is 15.9. The lowest BCUT2D eigenvalue weighted by molar-refractivity contribution is 0.375. The van der Waals surface area contributed by atoms with Crippen LogP contribution in [0.2, 0.25) is 0 Å². The van der Waals surface area contributed by atoms with Crippen molar-refractivity contribution in [2.45, 2.75) is 10.6 Å². The van der Waals surface area contributed by atoms with Gasteiger partial charge in [-0.15, -0.1) is 11.8 Å². The molecule has 0 atom stereocenters. The van der Waals surface area contributed by atoms with E-state index in [2.05, 4.69) is 33.5 Å². The number of nitrogens with zero attached hydrogens (tertiary/aromatic N) is 3. The van der Waals surface area contributed by atoms with Crippen LogP contribution >= 0.6 is 23.5 Å². The van der Waals surface area contributed by atoms with Gasteiger partial charge in [-0.3, -0.25) is 0 Å². The number of fused-ring (bicyclic) bond motifs is 1. The van der Waals surface area contributed by atoms with Crippen molar-refractivity contribution < 1.29 is 9.26 Å². The molecule has 25 heavy (non-hydrogen) atoms. The van der Waals surface area contributed by atoms with E-state index in [4.69, 9.17) is 9.26 Å². The molecule has 0 bridgehead atoms. The summed E-state index contributed by atoms with van der Waals surface area (Å²) in [6.07, 6.45) is 2.05. The first-order chi connectivity index (χ1) is 12.3. The lowest BCUT2D eigenvalue weighted by atomic mass is 10.2. The summed E-state index contributed by atoms with van der Waals surface area (Å²) < 4.78 is 11.1. The van der Waals surface area contributed by atoms with Gasteiger partial charge in [0.25, 0.3) is 0 Å². The summed E-state index contributed by atoms with van der Waals surface area (Å²) in [6.45, 7) is 0.471. The molecule has 2 heterocycles. The topological polar surface area (TPSA) is 60.5 Å². The number of para-hydroxylation sites is 2. The Kier molecular flexibility index (Phi) is 4.76. The first kappa shape index (κ1) is 16.2.